The van der Waals surface area contributed by atoms with E-state index in [0.29, 0.717) is 5.84 Å². The van der Waals surface area contributed by atoms with Crippen LogP contribution in [-0.2, 0) is 0 Å². The lowest BCUT2D eigenvalue weighted by Gasteiger charge is -2.37. The number of rotatable bonds is 1. The molecule has 0 radical (unpaired) electrons. The average Bonchev–Trinajstić information content (AvgIpc) is 2.33. The third kappa shape index (κ3) is 2.43. The summed E-state index contributed by atoms with van der Waals surface area (Å²) >= 11 is 0. The van der Waals surface area contributed by atoms with Crippen LogP contribution < -0.4 is 4.90 Å². The molecule has 0 amide bonds. The van der Waals surface area contributed by atoms with Gasteiger partial charge in [0.1, 0.15) is 0 Å². The standard InChI is InChI=1S/C14H21N3/c1-11-5-4-6-14(12(11)2)17-9-7-16(8-10-17)13(3)15/h4-6,15H,7-10H2,1-3H3. The van der Waals surface area contributed by atoms with Gasteiger partial charge in [0, 0.05) is 31.9 Å². The van der Waals surface area contributed by atoms with E-state index in [2.05, 4.69) is 41.8 Å². The first-order valence-corrected chi connectivity index (χ1v) is 6.21. The summed E-state index contributed by atoms with van der Waals surface area (Å²) in [6, 6.07) is 6.50. The van der Waals surface area contributed by atoms with Gasteiger partial charge in [0.05, 0.1) is 5.84 Å². The minimum atomic E-state index is 0.686. The van der Waals surface area contributed by atoms with Gasteiger partial charge >= 0.3 is 0 Å². The second-order valence-electron chi connectivity index (χ2n) is 4.78. The summed E-state index contributed by atoms with van der Waals surface area (Å²) in [5.41, 5.74) is 4.09. The Labute approximate surface area is 104 Å². The minimum absolute atomic E-state index is 0.686. The van der Waals surface area contributed by atoms with Gasteiger partial charge < -0.3 is 9.80 Å². The van der Waals surface area contributed by atoms with Crippen LogP contribution in [0.3, 0.4) is 0 Å². The van der Waals surface area contributed by atoms with Crippen LogP contribution in [0.15, 0.2) is 18.2 Å². The third-order valence-electron chi connectivity index (χ3n) is 3.67. The molecule has 1 saturated heterocycles. The number of aryl methyl sites for hydroxylation is 1. The van der Waals surface area contributed by atoms with Crippen molar-refractivity contribution in [3.05, 3.63) is 29.3 Å². The fourth-order valence-corrected chi connectivity index (χ4v) is 2.36. The number of amidine groups is 1. The molecule has 3 heteroatoms. The molecule has 17 heavy (non-hydrogen) atoms. The maximum Gasteiger partial charge on any atom is 0.0927 e. The summed E-state index contributed by atoms with van der Waals surface area (Å²) in [4.78, 5) is 4.57. The summed E-state index contributed by atoms with van der Waals surface area (Å²) in [6.07, 6.45) is 0. The quantitative estimate of drug-likeness (QED) is 0.594. The Bertz CT molecular complexity index is 417. The SMILES string of the molecule is CC(=N)N1CCN(c2cccc(C)c2C)CC1. The molecule has 0 atom stereocenters. The summed E-state index contributed by atoms with van der Waals surface area (Å²) in [5.74, 6) is 0.686. The topological polar surface area (TPSA) is 30.3 Å². The van der Waals surface area contributed by atoms with Crippen LogP contribution in [0.25, 0.3) is 0 Å². The van der Waals surface area contributed by atoms with Crippen LogP contribution >= 0.6 is 0 Å². The van der Waals surface area contributed by atoms with Crippen molar-refractivity contribution in [2.45, 2.75) is 20.8 Å². The number of piperazine rings is 1. The third-order valence-corrected chi connectivity index (χ3v) is 3.67. The van der Waals surface area contributed by atoms with Crippen LogP contribution in [-0.4, -0.2) is 36.9 Å². The maximum atomic E-state index is 7.64. The van der Waals surface area contributed by atoms with Crippen molar-refractivity contribution >= 4 is 11.5 Å². The molecule has 1 aromatic rings. The number of hydrogen-bond acceptors (Lipinski definition) is 2. The summed E-state index contributed by atoms with van der Waals surface area (Å²) in [6.45, 7) is 10.2. The summed E-state index contributed by atoms with van der Waals surface area (Å²) in [5, 5.41) is 7.64. The molecule has 1 fully saturated rings. The van der Waals surface area contributed by atoms with Gasteiger partial charge in [-0.15, -0.1) is 0 Å². The molecule has 0 aliphatic carbocycles. The second kappa shape index (κ2) is 4.78. The molecule has 0 spiro atoms. The highest BCUT2D eigenvalue weighted by molar-refractivity contribution is 5.76. The fourth-order valence-electron chi connectivity index (χ4n) is 2.36. The van der Waals surface area contributed by atoms with E-state index in [1.165, 1.54) is 16.8 Å². The fraction of sp³-hybridized carbons (Fsp3) is 0.500. The zero-order valence-corrected chi connectivity index (χ0v) is 11.0. The molecule has 1 aliphatic heterocycles. The Hall–Kier alpha value is -1.51. The summed E-state index contributed by atoms with van der Waals surface area (Å²) < 4.78 is 0. The van der Waals surface area contributed by atoms with E-state index >= 15 is 0 Å². The lowest BCUT2D eigenvalue weighted by Crippen LogP contribution is -2.48. The van der Waals surface area contributed by atoms with Crippen molar-refractivity contribution in [3.8, 4) is 0 Å². The van der Waals surface area contributed by atoms with Gasteiger partial charge in [-0.3, -0.25) is 5.41 Å². The van der Waals surface area contributed by atoms with E-state index in [9.17, 15) is 0 Å². The summed E-state index contributed by atoms with van der Waals surface area (Å²) in [7, 11) is 0. The van der Waals surface area contributed by atoms with E-state index in [4.69, 9.17) is 5.41 Å². The van der Waals surface area contributed by atoms with Gasteiger partial charge in [0.15, 0.2) is 0 Å². The van der Waals surface area contributed by atoms with Crippen molar-refractivity contribution in [2.75, 3.05) is 31.1 Å². The molecule has 1 aliphatic rings. The highest BCUT2D eigenvalue weighted by Crippen LogP contribution is 2.23. The zero-order valence-electron chi connectivity index (χ0n) is 11.0. The van der Waals surface area contributed by atoms with Crippen LogP contribution in [0.4, 0.5) is 5.69 Å². The van der Waals surface area contributed by atoms with Gasteiger partial charge in [-0.1, -0.05) is 12.1 Å². The van der Waals surface area contributed by atoms with Crippen molar-refractivity contribution < 1.29 is 0 Å². The largest absolute Gasteiger partial charge is 0.368 e. The van der Waals surface area contributed by atoms with Crippen molar-refractivity contribution in [1.82, 2.24) is 4.90 Å². The van der Waals surface area contributed by atoms with E-state index in [1.807, 2.05) is 6.92 Å². The van der Waals surface area contributed by atoms with E-state index < -0.39 is 0 Å². The van der Waals surface area contributed by atoms with Crippen molar-refractivity contribution in [1.29, 1.82) is 5.41 Å². The molecular formula is C14H21N3. The van der Waals surface area contributed by atoms with E-state index in [1.54, 1.807) is 0 Å². The highest BCUT2D eigenvalue weighted by atomic mass is 15.3. The van der Waals surface area contributed by atoms with Crippen molar-refractivity contribution in [2.24, 2.45) is 0 Å². The average molecular weight is 231 g/mol. The molecule has 0 saturated carbocycles. The maximum absolute atomic E-state index is 7.64. The van der Waals surface area contributed by atoms with Crippen LogP contribution in [0.1, 0.15) is 18.1 Å². The smallest absolute Gasteiger partial charge is 0.0927 e. The molecule has 1 aromatic carbocycles. The zero-order chi connectivity index (χ0) is 12.4. The predicted octanol–water partition coefficient (Wildman–Crippen LogP) is 2.42. The Morgan fingerprint density at radius 3 is 2.35 bits per heavy atom. The van der Waals surface area contributed by atoms with Crippen LogP contribution in [0, 0.1) is 19.3 Å². The van der Waals surface area contributed by atoms with Gasteiger partial charge in [-0.2, -0.15) is 0 Å². The number of nitrogens with one attached hydrogen (secondary N) is 1. The van der Waals surface area contributed by atoms with Gasteiger partial charge in [0.2, 0.25) is 0 Å². The molecule has 0 aromatic heterocycles. The van der Waals surface area contributed by atoms with Crippen LogP contribution in [0.5, 0.6) is 0 Å². The lowest BCUT2D eigenvalue weighted by atomic mass is 10.1. The number of anilines is 1. The second-order valence-corrected chi connectivity index (χ2v) is 4.78. The molecule has 3 nitrogen and oxygen atoms in total. The number of hydrogen-bond donors (Lipinski definition) is 1. The Balaban J connectivity index is 2.10. The predicted molar refractivity (Wildman–Crippen MR) is 73.1 cm³/mol. The van der Waals surface area contributed by atoms with Gasteiger partial charge in [0.25, 0.3) is 0 Å². The first-order chi connectivity index (χ1) is 8.09. The first-order valence-electron chi connectivity index (χ1n) is 6.21. The molecule has 2 rings (SSSR count). The molecular weight excluding hydrogens is 210 g/mol. The molecule has 0 unspecified atom stereocenters. The minimum Gasteiger partial charge on any atom is -0.368 e. The Morgan fingerprint density at radius 2 is 1.76 bits per heavy atom. The van der Waals surface area contributed by atoms with E-state index in [0.717, 1.165) is 26.2 Å². The number of nitrogens with zero attached hydrogens (tertiary/aromatic N) is 2. The monoisotopic (exact) mass is 231 g/mol. The molecule has 0 bridgehead atoms. The number of benzene rings is 1. The molecule has 1 heterocycles. The first kappa shape index (κ1) is 12.0. The van der Waals surface area contributed by atoms with E-state index in [-0.39, 0.29) is 0 Å². The van der Waals surface area contributed by atoms with Crippen molar-refractivity contribution in [3.63, 3.8) is 0 Å². The Morgan fingerprint density at radius 1 is 1.12 bits per heavy atom. The molecule has 92 valence electrons. The Kier molecular flexibility index (Phi) is 3.36. The highest BCUT2D eigenvalue weighted by Gasteiger charge is 2.18. The molecule has 1 N–H and O–H groups in total. The van der Waals surface area contributed by atoms with Gasteiger partial charge in [-0.05, 0) is 38.0 Å². The van der Waals surface area contributed by atoms with Gasteiger partial charge in [-0.25, -0.2) is 0 Å². The lowest BCUT2D eigenvalue weighted by molar-refractivity contribution is 0.381. The normalized spacial score (nSPS) is 16.2. The van der Waals surface area contributed by atoms with Crippen LogP contribution in [0.2, 0.25) is 0 Å².